The fourth-order valence-electron chi connectivity index (χ4n) is 3.82. The van der Waals surface area contributed by atoms with E-state index < -0.39 is 20.5 Å². The third kappa shape index (κ3) is 10.9. The zero-order valence-corrected chi connectivity index (χ0v) is 19.5. The minimum atomic E-state index is -1.82. The van der Waals surface area contributed by atoms with E-state index in [2.05, 4.69) is 26.6 Å². The average molecular weight is 427 g/mol. The number of carbonyl (C=O) groups excluding carboxylic acids is 1. The van der Waals surface area contributed by atoms with Gasteiger partial charge in [-0.2, -0.15) is 0 Å². The molecule has 4 nitrogen and oxygen atoms in total. The second-order valence-corrected chi connectivity index (χ2v) is 13.5. The summed E-state index contributed by atoms with van der Waals surface area (Å²) in [6.07, 6.45) is 12.2. The van der Waals surface area contributed by atoms with Crippen molar-refractivity contribution in [1.29, 1.82) is 0 Å². The number of carboxylic acids is 1. The molecule has 1 aliphatic carbocycles. The number of allylic oxidation sites excluding steroid dienone is 3. The first kappa shape index (κ1) is 25.8. The van der Waals surface area contributed by atoms with Gasteiger partial charge in [0.15, 0.2) is 14.1 Å². The molecule has 1 aliphatic rings. The number of ketones is 1. The second-order valence-electron chi connectivity index (χ2n) is 9.04. The van der Waals surface area contributed by atoms with Crippen LogP contribution in [0.1, 0.15) is 64.7 Å². The molecule has 0 aromatic heterocycles. The van der Waals surface area contributed by atoms with Crippen LogP contribution in [0, 0.1) is 11.8 Å². The van der Waals surface area contributed by atoms with E-state index in [0.717, 1.165) is 19.3 Å². The normalized spacial score (nSPS) is 25.3. The Bertz CT molecular complexity index is 568. The van der Waals surface area contributed by atoms with Crippen molar-refractivity contribution in [2.45, 2.75) is 96.6 Å². The first-order valence-corrected chi connectivity index (χ1v) is 14.4. The van der Waals surface area contributed by atoms with Crippen molar-refractivity contribution in [1.82, 2.24) is 0 Å². The number of aliphatic carboxylic acids is 1. The van der Waals surface area contributed by atoms with E-state index in [1.807, 2.05) is 18.2 Å². The lowest BCUT2D eigenvalue weighted by Crippen LogP contribution is -2.34. The zero-order chi connectivity index (χ0) is 21.9. The monoisotopic (exact) mass is 426 g/mol. The number of halogens is 1. The Hall–Kier alpha value is -1.27. The molecular formula is C23H39FO4Si. The van der Waals surface area contributed by atoms with Gasteiger partial charge in [-0.15, -0.1) is 0 Å². The van der Waals surface area contributed by atoms with Crippen molar-refractivity contribution in [3.63, 3.8) is 0 Å². The Morgan fingerprint density at radius 3 is 2.48 bits per heavy atom. The fraction of sp³-hybridized carbons (Fsp3) is 0.739. The maximum atomic E-state index is 14.8. The Kier molecular flexibility index (Phi) is 11.7. The van der Waals surface area contributed by atoms with Crippen LogP contribution in [0.4, 0.5) is 4.39 Å². The Balaban J connectivity index is 2.75. The van der Waals surface area contributed by atoms with Crippen molar-refractivity contribution in [3.05, 3.63) is 24.3 Å². The van der Waals surface area contributed by atoms with Crippen LogP contribution in [0.15, 0.2) is 24.3 Å². The predicted octanol–water partition coefficient (Wildman–Crippen LogP) is 6.09. The average Bonchev–Trinajstić information content (AvgIpc) is 2.89. The number of hydrogen-bond acceptors (Lipinski definition) is 3. The first-order chi connectivity index (χ1) is 13.6. The highest BCUT2D eigenvalue weighted by atomic mass is 28.4. The summed E-state index contributed by atoms with van der Waals surface area (Å²) in [5.74, 6) is -0.990. The van der Waals surface area contributed by atoms with Crippen molar-refractivity contribution in [3.8, 4) is 0 Å². The van der Waals surface area contributed by atoms with Crippen LogP contribution in [-0.2, 0) is 14.0 Å². The fourth-order valence-corrected chi connectivity index (χ4v) is 4.98. The summed E-state index contributed by atoms with van der Waals surface area (Å²) in [6, 6.07) is 0. The van der Waals surface area contributed by atoms with Gasteiger partial charge in [0.25, 0.3) is 0 Å². The van der Waals surface area contributed by atoms with Crippen LogP contribution in [0.25, 0.3) is 0 Å². The van der Waals surface area contributed by atoms with Gasteiger partial charge in [-0.05, 0) is 51.4 Å². The van der Waals surface area contributed by atoms with E-state index in [1.54, 1.807) is 6.08 Å². The number of hydrogen-bond donors (Lipinski definition) is 1. The van der Waals surface area contributed by atoms with Gasteiger partial charge in [0.2, 0.25) is 0 Å². The highest BCUT2D eigenvalue weighted by molar-refractivity contribution is 6.69. The second kappa shape index (κ2) is 13.1. The van der Waals surface area contributed by atoms with Gasteiger partial charge in [0, 0.05) is 31.1 Å². The summed E-state index contributed by atoms with van der Waals surface area (Å²) in [5, 5.41) is 8.69. The molecule has 0 spiro atoms. The number of unbranched alkanes of at least 4 members (excludes halogenated alkanes) is 3. The smallest absolute Gasteiger partial charge is 0.303 e. The van der Waals surface area contributed by atoms with Crippen LogP contribution < -0.4 is 0 Å². The molecule has 0 aliphatic heterocycles. The Labute approximate surface area is 176 Å². The topological polar surface area (TPSA) is 63.6 Å². The molecule has 1 N–H and O–H groups in total. The SMILES string of the molecule is CCCCCC(=O)/C=C/[C@@H]1[C@@H](C/C=C\CCCC(=O)O)[C@@H](F)C[C@@H]1O[Si](C)(C)C. The van der Waals surface area contributed by atoms with Gasteiger partial charge in [-0.25, -0.2) is 4.39 Å². The van der Waals surface area contributed by atoms with Crippen molar-refractivity contribution in [2.24, 2.45) is 11.8 Å². The molecule has 1 fully saturated rings. The third-order valence-corrected chi connectivity index (χ3v) is 6.23. The minimum Gasteiger partial charge on any atom is -0.481 e. The largest absolute Gasteiger partial charge is 0.481 e. The van der Waals surface area contributed by atoms with Crippen LogP contribution >= 0.6 is 0 Å². The van der Waals surface area contributed by atoms with Crippen LogP contribution in [0.5, 0.6) is 0 Å². The van der Waals surface area contributed by atoms with E-state index >= 15 is 0 Å². The Morgan fingerprint density at radius 2 is 1.86 bits per heavy atom. The van der Waals surface area contributed by atoms with E-state index in [9.17, 15) is 14.0 Å². The molecule has 1 saturated carbocycles. The summed E-state index contributed by atoms with van der Waals surface area (Å²) < 4.78 is 21.1. The van der Waals surface area contributed by atoms with Crippen LogP contribution in [0.3, 0.4) is 0 Å². The summed E-state index contributed by atoms with van der Waals surface area (Å²) in [4.78, 5) is 22.7. The van der Waals surface area contributed by atoms with E-state index in [4.69, 9.17) is 9.53 Å². The van der Waals surface area contributed by atoms with Crippen molar-refractivity contribution >= 4 is 20.1 Å². The molecule has 0 saturated heterocycles. The highest BCUT2D eigenvalue weighted by Crippen LogP contribution is 2.41. The molecule has 0 heterocycles. The standard InChI is InChI=1S/C23H39FO4Si/c1-5-6-9-12-18(25)15-16-20-19(13-10-7-8-11-14-23(26)27)21(24)17-22(20)28-29(2,3)4/h7,10,15-16,19-22H,5-6,8-9,11-14,17H2,1-4H3,(H,26,27)/b10-7-,16-15+/t19-,20-,21+,22+/m1/s1. The minimum absolute atomic E-state index is 0.101. The van der Waals surface area contributed by atoms with Crippen molar-refractivity contribution < 1.29 is 23.5 Å². The van der Waals surface area contributed by atoms with Crippen molar-refractivity contribution in [2.75, 3.05) is 0 Å². The molecule has 0 radical (unpaired) electrons. The lowest BCUT2D eigenvalue weighted by molar-refractivity contribution is -0.137. The number of rotatable bonds is 14. The highest BCUT2D eigenvalue weighted by Gasteiger charge is 2.43. The third-order valence-electron chi connectivity index (χ3n) is 5.22. The molecule has 4 atom stereocenters. The summed E-state index contributed by atoms with van der Waals surface area (Å²) in [6.45, 7) is 8.42. The number of alkyl halides is 1. The summed E-state index contributed by atoms with van der Waals surface area (Å²) in [7, 11) is -1.82. The van der Waals surface area contributed by atoms with E-state index in [1.165, 1.54) is 0 Å². The molecule has 166 valence electrons. The number of carbonyl (C=O) groups is 2. The van der Waals surface area contributed by atoms with Gasteiger partial charge in [0.05, 0.1) is 6.10 Å². The maximum absolute atomic E-state index is 14.8. The van der Waals surface area contributed by atoms with Gasteiger partial charge >= 0.3 is 5.97 Å². The molecule has 0 amide bonds. The summed E-state index contributed by atoms with van der Waals surface area (Å²) in [5.41, 5.74) is 0. The van der Waals surface area contributed by atoms with Gasteiger partial charge in [-0.1, -0.05) is 38.0 Å². The maximum Gasteiger partial charge on any atom is 0.303 e. The van der Waals surface area contributed by atoms with Gasteiger partial charge < -0.3 is 9.53 Å². The molecule has 0 aromatic carbocycles. The van der Waals surface area contributed by atoms with Crippen LogP contribution in [-0.4, -0.2) is 37.5 Å². The van der Waals surface area contributed by atoms with E-state index in [-0.39, 0.29) is 30.1 Å². The zero-order valence-electron chi connectivity index (χ0n) is 18.5. The molecule has 0 unspecified atom stereocenters. The van der Waals surface area contributed by atoms with Gasteiger partial charge in [0.1, 0.15) is 6.17 Å². The quantitative estimate of drug-likeness (QED) is 0.158. The van der Waals surface area contributed by atoms with Crippen LogP contribution in [0.2, 0.25) is 19.6 Å². The van der Waals surface area contributed by atoms with Gasteiger partial charge in [-0.3, -0.25) is 9.59 Å². The Morgan fingerprint density at radius 1 is 1.14 bits per heavy atom. The van der Waals surface area contributed by atoms with E-state index in [0.29, 0.717) is 32.1 Å². The molecule has 0 aromatic rings. The molecule has 0 bridgehead atoms. The molecule has 6 heteroatoms. The molecule has 1 rings (SSSR count). The number of carboxylic acid groups (broad SMARTS) is 1. The first-order valence-electron chi connectivity index (χ1n) is 11.0. The predicted molar refractivity (Wildman–Crippen MR) is 118 cm³/mol. The lowest BCUT2D eigenvalue weighted by atomic mass is 9.90. The molecule has 29 heavy (non-hydrogen) atoms. The summed E-state index contributed by atoms with van der Waals surface area (Å²) >= 11 is 0. The molecular weight excluding hydrogens is 387 g/mol. The lowest BCUT2D eigenvalue weighted by Gasteiger charge is -2.28.